The number of rotatable bonds is 4. The van der Waals surface area contributed by atoms with Gasteiger partial charge < -0.3 is 9.73 Å². The molecule has 2 rings (SSSR count). The van der Waals surface area contributed by atoms with E-state index in [1.807, 2.05) is 18.3 Å². The molecule has 0 spiro atoms. The maximum absolute atomic E-state index is 5.17. The van der Waals surface area contributed by atoms with Crippen LogP contribution in [0.25, 0.3) is 0 Å². The predicted molar refractivity (Wildman–Crippen MR) is 47.8 cm³/mol. The van der Waals surface area contributed by atoms with E-state index in [1.165, 1.54) is 0 Å². The van der Waals surface area contributed by atoms with Gasteiger partial charge in [-0.3, -0.25) is 5.10 Å². The van der Waals surface area contributed by atoms with Crippen LogP contribution in [0.4, 0.5) is 0 Å². The van der Waals surface area contributed by atoms with Crippen LogP contribution in [0.1, 0.15) is 11.3 Å². The van der Waals surface area contributed by atoms with Gasteiger partial charge in [0.1, 0.15) is 5.76 Å². The topological polar surface area (TPSA) is 53.9 Å². The van der Waals surface area contributed by atoms with Crippen molar-refractivity contribution < 1.29 is 4.42 Å². The molecular weight excluding hydrogens is 166 g/mol. The monoisotopic (exact) mass is 177 g/mol. The van der Waals surface area contributed by atoms with Crippen molar-refractivity contribution in [3.8, 4) is 0 Å². The quantitative estimate of drug-likeness (QED) is 0.740. The Morgan fingerprint density at radius 3 is 3.15 bits per heavy atom. The summed E-state index contributed by atoms with van der Waals surface area (Å²) in [4.78, 5) is 0. The smallest absolute Gasteiger partial charge is 0.117 e. The minimum atomic E-state index is 0.748. The molecule has 0 atom stereocenters. The van der Waals surface area contributed by atoms with Crippen molar-refractivity contribution in [1.82, 2.24) is 15.5 Å². The van der Waals surface area contributed by atoms with Gasteiger partial charge in [0.05, 0.1) is 19.0 Å². The average molecular weight is 177 g/mol. The molecule has 2 heterocycles. The van der Waals surface area contributed by atoms with Gasteiger partial charge in [-0.2, -0.15) is 5.10 Å². The second kappa shape index (κ2) is 3.91. The van der Waals surface area contributed by atoms with Crippen molar-refractivity contribution in [1.29, 1.82) is 0 Å². The van der Waals surface area contributed by atoms with E-state index < -0.39 is 0 Å². The molecule has 0 aromatic carbocycles. The van der Waals surface area contributed by atoms with E-state index in [4.69, 9.17) is 4.42 Å². The van der Waals surface area contributed by atoms with Crippen LogP contribution in [-0.4, -0.2) is 10.2 Å². The highest BCUT2D eigenvalue weighted by molar-refractivity contribution is 5.02. The Hall–Kier alpha value is -1.55. The Kier molecular flexibility index (Phi) is 2.43. The summed E-state index contributed by atoms with van der Waals surface area (Å²) in [6.07, 6.45) is 5.35. The first-order chi connectivity index (χ1) is 6.45. The SMILES string of the molecule is c1coc(CNCc2cn[nH]c2)c1. The molecule has 0 radical (unpaired) electrons. The first-order valence-electron chi connectivity index (χ1n) is 4.16. The second-order valence-corrected chi connectivity index (χ2v) is 2.79. The van der Waals surface area contributed by atoms with Crippen LogP contribution in [-0.2, 0) is 13.1 Å². The molecule has 0 aliphatic rings. The van der Waals surface area contributed by atoms with Crippen molar-refractivity contribution >= 4 is 0 Å². The van der Waals surface area contributed by atoms with Crippen LogP contribution in [0.5, 0.6) is 0 Å². The van der Waals surface area contributed by atoms with Crippen LogP contribution in [0.2, 0.25) is 0 Å². The number of hydrogen-bond donors (Lipinski definition) is 2. The number of hydrogen-bond acceptors (Lipinski definition) is 3. The van der Waals surface area contributed by atoms with Crippen LogP contribution in [0, 0.1) is 0 Å². The normalized spacial score (nSPS) is 10.5. The van der Waals surface area contributed by atoms with Gasteiger partial charge in [0, 0.05) is 18.3 Å². The van der Waals surface area contributed by atoms with E-state index in [0.29, 0.717) is 0 Å². The molecule has 68 valence electrons. The molecule has 0 amide bonds. The lowest BCUT2D eigenvalue weighted by Gasteiger charge is -1.98. The third kappa shape index (κ3) is 2.19. The van der Waals surface area contributed by atoms with Gasteiger partial charge in [0.25, 0.3) is 0 Å². The molecule has 2 aromatic rings. The lowest BCUT2D eigenvalue weighted by molar-refractivity contribution is 0.483. The number of H-pyrrole nitrogens is 1. The van der Waals surface area contributed by atoms with E-state index in [2.05, 4.69) is 15.5 Å². The molecule has 0 saturated heterocycles. The number of aromatic amines is 1. The van der Waals surface area contributed by atoms with Crippen molar-refractivity contribution in [2.75, 3.05) is 0 Å². The molecule has 13 heavy (non-hydrogen) atoms. The fraction of sp³-hybridized carbons (Fsp3) is 0.222. The molecule has 0 bridgehead atoms. The Labute approximate surface area is 76.0 Å². The van der Waals surface area contributed by atoms with E-state index in [-0.39, 0.29) is 0 Å². The molecule has 2 N–H and O–H groups in total. The summed E-state index contributed by atoms with van der Waals surface area (Å²) in [7, 11) is 0. The first kappa shape index (κ1) is 8.07. The number of nitrogens with one attached hydrogen (secondary N) is 2. The Bertz CT molecular complexity index is 291. The van der Waals surface area contributed by atoms with Gasteiger partial charge in [-0.25, -0.2) is 0 Å². The highest BCUT2D eigenvalue weighted by atomic mass is 16.3. The maximum atomic E-state index is 5.17. The minimum absolute atomic E-state index is 0.748. The summed E-state index contributed by atoms with van der Waals surface area (Å²) in [6.45, 7) is 1.55. The minimum Gasteiger partial charge on any atom is -0.468 e. The van der Waals surface area contributed by atoms with Crippen LogP contribution >= 0.6 is 0 Å². The maximum Gasteiger partial charge on any atom is 0.117 e. The van der Waals surface area contributed by atoms with E-state index in [1.54, 1.807) is 12.5 Å². The van der Waals surface area contributed by atoms with Gasteiger partial charge in [0.15, 0.2) is 0 Å². The largest absolute Gasteiger partial charge is 0.468 e. The third-order valence-corrected chi connectivity index (χ3v) is 1.76. The van der Waals surface area contributed by atoms with Crippen LogP contribution in [0.3, 0.4) is 0 Å². The Morgan fingerprint density at radius 2 is 2.46 bits per heavy atom. The van der Waals surface area contributed by atoms with E-state index in [9.17, 15) is 0 Å². The summed E-state index contributed by atoms with van der Waals surface area (Å²) in [6, 6.07) is 3.83. The second-order valence-electron chi connectivity index (χ2n) is 2.79. The van der Waals surface area contributed by atoms with Gasteiger partial charge in [-0.15, -0.1) is 0 Å². The first-order valence-corrected chi connectivity index (χ1v) is 4.16. The number of furan rings is 1. The Morgan fingerprint density at radius 1 is 1.46 bits per heavy atom. The Balaban J connectivity index is 1.76. The molecule has 0 fully saturated rings. The fourth-order valence-corrected chi connectivity index (χ4v) is 1.12. The third-order valence-electron chi connectivity index (χ3n) is 1.76. The highest BCUT2D eigenvalue weighted by Crippen LogP contribution is 1.99. The zero-order valence-electron chi connectivity index (χ0n) is 7.16. The lowest BCUT2D eigenvalue weighted by atomic mass is 10.3. The van der Waals surface area contributed by atoms with E-state index in [0.717, 1.165) is 24.4 Å². The van der Waals surface area contributed by atoms with Crippen molar-refractivity contribution in [2.45, 2.75) is 13.1 Å². The molecule has 0 saturated carbocycles. The molecule has 0 aliphatic carbocycles. The molecule has 0 unspecified atom stereocenters. The zero-order chi connectivity index (χ0) is 8.93. The summed E-state index contributed by atoms with van der Waals surface area (Å²) in [5.74, 6) is 0.948. The van der Waals surface area contributed by atoms with Gasteiger partial charge in [0.2, 0.25) is 0 Å². The molecule has 0 aliphatic heterocycles. The van der Waals surface area contributed by atoms with Crippen molar-refractivity contribution in [3.63, 3.8) is 0 Å². The van der Waals surface area contributed by atoms with Crippen molar-refractivity contribution in [2.24, 2.45) is 0 Å². The summed E-state index contributed by atoms with van der Waals surface area (Å²) >= 11 is 0. The number of nitrogens with zero attached hydrogens (tertiary/aromatic N) is 1. The lowest BCUT2D eigenvalue weighted by Crippen LogP contribution is -2.11. The molecule has 4 heteroatoms. The standard InChI is InChI=1S/C9H11N3O/c1-2-9(13-3-1)7-10-4-8-5-11-12-6-8/h1-3,5-6,10H,4,7H2,(H,11,12). The average Bonchev–Trinajstić information content (AvgIpc) is 2.75. The summed E-state index contributed by atoms with van der Waals surface area (Å²) in [5, 5.41) is 9.85. The van der Waals surface area contributed by atoms with Crippen LogP contribution < -0.4 is 5.32 Å². The summed E-state index contributed by atoms with van der Waals surface area (Å²) < 4.78 is 5.17. The summed E-state index contributed by atoms with van der Waals surface area (Å²) in [5.41, 5.74) is 1.14. The van der Waals surface area contributed by atoms with Gasteiger partial charge in [-0.05, 0) is 12.1 Å². The van der Waals surface area contributed by atoms with Gasteiger partial charge in [-0.1, -0.05) is 0 Å². The fourth-order valence-electron chi connectivity index (χ4n) is 1.12. The highest BCUT2D eigenvalue weighted by Gasteiger charge is 1.95. The number of aromatic nitrogens is 2. The van der Waals surface area contributed by atoms with Crippen LogP contribution in [0.15, 0.2) is 35.2 Å². The molecular formula is C9H11N3O. The predicted octanol–water partition coefficient (Wildman–Crippen LogP) is 1.29. The molecule has 4 nitrogen and oxygen atoms in total. The zero-order valence-corrected chi connectivity index (χ0v) is 7.16. The van der Waals surface area contributed by atoms with E-state index >= 15 is 0 Å². The molecule has 2 aromatic heterocycles. The van der Waals surface area contributed by atoms with Gasteiger partial charge >= 0.3 is 0 Å². The van der Waals surface area contributed by atoms with Crippen molar-refractivity contribution in [3.05, 3.63) is 42.1 Å².